The van der Waals surface area contributed by atoms with Crippen molar-refractivity contribution in [3.05, 3.63) is 90.1 Å². The SMILES string of the molecule is CNCCN(C)C(C(C)=O)c1ccc(Nc2nc(C3=C(C)[C@H](NC(=O)c4cc5c(s4)CCCC5)CC(Cl)=C3)cn(C)c2=O)cc1. The monoisotopic (exact) mass is 648 g/mol. The van der Waals surface area contributed by atoms with Crippen LogP contribution in [0.3, 0.4) is 0 Å². The number of carbonyl (C=O) groups excluding carboxylic acids is 2. The number of allylic oxidation sites excluding steroid dienone is 2. The van der Waals surface area contributed by atoms with Crippen molar-refractivity contribution >= 4 is 51.7 Å². The lowest BCUT2D eigenvalue weighted by Gasteiger charge is -2.26. The molecule has 1 aromatic carbocycles. The van der Waals surface area contributed by atoms with Crippen molar-refractivity contribution in [2.24, 2.45) is 7.05 Å². The Kier molecular flexibility index (Phi) is 10.4. The molecule has 9 nitrogen and oxygen atoms in total. The molecule has 1 unspecified atom stereocenters. The molecule has 0 aliphatic heterocycles. The Balaban J connectivity index is 1.37. The van der Waals surface area contributed by atoms with E-state index in [9.17, 15) is 14.4 Å². The molecular formula is C34H41ClN6O3S. The van der Waals surface area contributed by atoms with Crippen LogP contribution in [0.2, 0.25) is 0 Å². The Hall–Kier alpha value is -3.57. The molecule has 0 saturated heterocycles. The van der Waals surface area contributed by atoms with E-state index < -0.39 is 0 Å². The summed E-state index contributed by atoms with van der Waals surface area (Å²) in [6.07, 6.45) is 8.46. The third-order valence-electron chi connectivity index (χ3n) is 8.55. The average molecular weight is 649 g/mol. The lowest BCUT2D eigenvalue weighted by molar-refractivity contribution is -0.121. The van der Waals surface area contributed by atoms with Gasteiger partial charge in [-0.3, -0.25) is 19.3 Å². The Morgan fingerprint density at radius 1 is 1.20 bits per heavy atom. The number of hydrogen-bond donors (Lipinski definition) is 3. The molecule has 238 valence electrons. The van der Waals surface area contributed by atoms with Gasteiger partial charge in [-0.1, -0.05) is 23.7 Å². The normalized spacial score (nSPS) is 17.1. The van der Waals surface area contributed by atoms with Gasteiger partial charge in [0.15, 0.2) is 11.6 Å². The van der Waals surface area contributed by atoms with Crippen molar-refractivity contribution < 1.29 is 9.59 Å². The second-order valence-electron chi connectivity index (χ2n) is 11.9. The van der Waals surface area contributed by atoms with Crippen LogP contribution in [0.4, 0.5) is 11.5 Å². The molecule has 1 amide bonds. The van der Waals surface area contributed by atoms with Crippen molar-refractivity contribution in [3.8, 4) is 0 Å². The first-order chi connectivity index (χ1) is 21.5. The number of thiophene rings is 1. The number of amides is 1. The van der Waals surface area contributed by atoms with E-state index in [-0.39, 0.29) is 35.2 Å². The number of nitrogens with one attached hydrogen (secondary N) is 3. The first-order valence-electron chi connectivity index (χ1n) is 15.3. The van der Waals surface area contributed by atoms with Crippen molar-refractivity contribution in [2.45, 2.75) is 58.0 Å². The second-order valence-corrected chi connectivity index (χ2v) is 13.5. The van der Waals surface area contributed by atoms with Gasteiger partial charge < -0.3 is 20.5 Å². The fraction of sp³-hybridized carbons (Fsp3) is 0.412. The zero-order valence-corrected chi connectivity index (χ0v) is 28.1. The lowest BCUT2D eigenvalue weighted by atomic mass is 9.92. The molecule has 2 heterocycles. The number of fused-ring (bicyclic) bond motifs is 1. The average Bonchev–Trinajstić information content (AvgIpc) is 3.45. The van der Waals surface area contributed by atoms with Crippen LogP contribution in [-0.2, 0) is 24.7 Å². The predicted octanol–water partition coefficient (Wildman–Crippen LogP) is 5.34. The molecule has 3 N–H and O–H groups in total. The lowest BCUT2D eigenvalue weighted by Crippen LogP contribution is -2.37. The van der Waals surface area contributed by atoms with Gasteiger partial charge >= 0.3 is 0 Å². The van der Waals surface area contributed by atoms with Crippen molar-refractivity contribution in [1.29, 1.82) is 0 Å². The molecule has 45 heavy (non-hydrogen) atoms. The zero-order chi connectivity index (χ0) is 32.2. The highest BCUT2D eigenvalue weighted by molar-refractivity contribution is 7.14. The van der Waals surface area contributed by atoms with E-state index in [2.05, 4.69) is 16.0 Å². The number of ketones is 1. The van der Waals surface area contributed by atoms with Crippen LogP contribution >= 0.6 is 22.9 Å². The highest BCUT2D eigenvalue weighted by Crippen LogP contribution is 2.34. The van der Waals surface area contributed by atoms with Crippen LogP contribution in [0.5, 0.6) is 0 Å². The van der Waals surface area contributed by atoms with Gasteiger partial charge in [-0.05, 0) is 94.6 Å². The van der Waals surface area contributed by atoms with Crippen molar-refractivity contribution in [3.63, 3.8) is 0 Å². The van der Waals surface area contributed by atoms with Crippen molar-refractivity contribution in [1.82, 2.24) is 25.1 Å². The third kappa shape index (κ3) is 7.47. The van der Waals surface area contributed by atoms with Crippen LogP contribution in [0.1, 0.15) is 70.5 Å². The molecule has 2 aliphatic carbocycles. The van der Waals surface area contributed by atoms with Gasteiger partial charge in [0.1, 0.15) is 0 Å². The summed E-state index contributed by atoms with van der Waals surface area (Å²) in [7, 11) is 5.50. The second kappa shape index (κ2) is 14.2. The number of aromatic nitrogens is 2. The molecule has 0 radical (unpaired) electrons. The van der Waals surface area contributed by atoms with Crippen LogP contribution in [0.15, 0.2) is 58.0 Å². The van der Waals surface area contributed by atoms with Gasteiger partial charge in [-0.2, -0.15) is 0 Å². The van der Waals surface area contributed by atoms with Crippen LogP contribution in [-0.4, -0.2) is 59.4 Å². The van der Waals surface area contributed by atoms with E-state index in [1.165, 1.54) is 27.8 Å². The summed E-state index contributed by atoms with van der Waals surface area (Å²) >= 11 is 8.21. The summed E-state index contributed by atoms with van der Waals surface area (Å²) in [4.78, 5) is 47.7. The van der Waals surface area contributed by atoms with E-state index in [0.717, 1.165) is 47.5 Å². The van der Waals surface area contributed by atoms with Gasteiger partial charge in [-0.25, -0.2) is 4.98 Å². The molecule has 0 spiro atoms. The molecule has 0 bridgehead atoms. The highest BCUT2D eigenvalue weighted by Gasteiger charge is 2.26. The predicted molar refractivity (Wildman–Crippen MR) is 183 cm³/mol. The molecule has 0 saturated carbocycles. The summed E-state index contributed by atoms with van der Waals surface area (Å²) in [5.74, 6) is 0.130. The van der Waals surface area contributed by atoms with E-state index in [4.69, 9.17) is 16.6 Å². The summed E-state index contributed by atoms with van der Waals surface area (Å²) in [6.45, 7) is 5.06. The molecule has 2 aromatic heterocycles. The number of halogens is 1. The molecule has 2 aliphatic rings. The van der Waals surface area contributed by atoms with Gasteiger partial charge in [0.05, 0.1) is 22.7 Å². The first-order valence-corrected chi connectivity index (χ1v) is 16.5. The van der Waals surface area contributed by atoms with Crippen molar-refractivity contribution in [2.75, 3.05) is 32.5 Å². The first kappa shape index (κ1) is 32.8. The van der Waals surface area contributed by atoms with Gasteiger partial charge in [-0.15, -0.1) is 11.3 Å². The molecule has 11 heteroatoms. The summed E-state index contributed by atoms with van der Waals surface area (Å²) in [5.41, 5.74) is 4.82. The number of aryl methyl sites for hydroxylation is 3. The number of anilines is 2. The van der Waals surface area contributed by atoms with Crippen LogP contribution < -0.4 is 21.5 Å². The molecule has 2 atom stereocenters. The van der Waals surface area contributed by atoms with Crippen LogP contribution in [0, 0.1) is 0 Å². The molecule has 3 aromatic rings. The fourth-order valence-electron chi connectivity index (χ4n) is 6.05. The maximum absolute atomic E-state index is 13.3. The summed E-state index contributed by atoms with van der Waals surface area (Å²) < 4.78 is 1.49. The number of Topliss-reactive ketones (excluding diaryl/α,β-unsaturated/α-hetero) is 1. The Labute approximate surface area is 273 Å². The topological polar surface area (TPSA) is 108 Å². The maximum atomic E-state index is 13.3. The summed E-state index contributed by atoms with van der Waals surface area (Å²) in [6, 6.07) is 8.86. The maximum Gasteiger partial charge on any atom is 0.293 e. The van der Waals surface area contributed by atoms with Gasteiger partial charge in [0.2, 0.25) is 0 Å². The quantitative estimate of drug-likeness (QED) is 0.258. The summed E-state index contributed by atoms with van der Waals surface area (Å²) in [5, 5.41) is 10.1. The zero-order valence-electron chi connectivity index (χ0n) is 26.5. The minimum atomic E-state index is -0.363. The van der Waals surface area contributed by atoms with E-state index >= 15 is 0 Å². The fourth-order valence-corrected chi connectivity index (χ4v) is 7.47. The van der Waals surface area contributed by atoms with Gasteiger partial charge in [0, 0.05) is 53.9 Å². The van der Waals surface area contributed by atoms with Crippen LogP contribution in [0.25, 0.3) is 5.57 Å². The standard InChI is InChI=1S/C34H41ClN6O3S/c1-20-26(17-24(35)18-27(20)39-33(43)30-16-23-8-6-7-9-29(23)45-30)28-19-41(5)34(44)32(38-28)37-25-12-10-22(11-13-25)31(21(2)42)40(4)15-14-36-3/h10-13,16-17,19,27,31,36H,6-9,14-15,18H2,1-5H3,(H,37,38)(H,39,43)/t27-,31?/m1/s1. The van der Waals surface area contributed by atoms with E-state index in [1.807, 2.05) is 62.3 Å². The Morgan fingerprint density at radius 2 is 1.93 bits per heavy atom. The number of nitrogens with zero attached hydrogens (tertiary/aromatic N) is 3. The number of hydrogen-bond acceptors (Lipinski definition) is 8. The highest BCUT2D eigenvalue weighted by atomic mass is 35.5. The van der Waals surface area contributed by atoms with E-state index in [0.29, 0.717) is 22.8 Å². The van der Waals surface area contributed by atoms with E-state index in [1.54, 1.807) is 31.5 Å². The minimum absolute atomic E-state index is 0.0596. The smallest absolute Gasteiger partial charge is 0.293 e. The third-order valence-corrected chi connectivity index (χ3v) is 10.0. The number of rotatable bonds is 11. The Bertz CT molecular complexity index is 1680. The largest absolute Gasteiger partial charge is 0.344 e. The Morgan fingerprint density at radius 3 is 2.62 bits per heavy atom. The number of likely N-dealkylation sites (N-methyl/N-ethyl adjacent to an activating group) is 2. The number of carbonyl (C=O) groups is 2. The molecule has 5 rings (SSSR count). The van der Waals surface area contributed by atoms with Gasteiger partial charge in [0.25, 0.3) is 11.5 Å². The minimum Gasteiger partial charge on any atom is -0.344 e. The molecular weight excluding hydrogens is 608 g/mol. The molecule has 0 fully saturated rings. The number of benzene rings is 1.